The molecule has 0 unspecified atom stereocenters. The molecule has 0 fully saturated rings. The number of nitrogens with zero attached hydrogens (tertiary/aromatic N) is 3. The van der Waals surface area contributed by atoms with Crippen LogP contribution in [0.15, 0.2) is 90.1 Å². The summed E-state index contributed by atoms with van der Waals surface area (Å²) in [4.78, 5) is 14.5. The molecule has 0 spiro atoms. The van der Waals surface area contributed by atoms with Crippen molar-refractivity contribution in [1.29, 1.82) is 0 Å². The fourth-order valence-corrected chi connectivity index (χ4v) is 4.35. The van der Waals surface area contributed by atoms with Gasteiger partial charge in [0.2, 0.25) is 5.96 Å². The smallest absolute Gasteiger partial charge is 0.202 e. The number of carbonyl (C=O) groups excluding carboxylic acids is 1. The van der Waals surface area contributed by atoms with Gasteiger partial charge in [-0.2, -0.15) is 5.10 Å². The largest absolute Gasteiger partial charge is 0.497 e. The first-order valence-corrected chi connectivity index (χ1v) is 12.7. The predicted molar refractivity (Wildman–Crippen MR) is 160 cm³/mol. The number of carbonyl (C=O) groups is 1. The van der Waals surface area contributed by atoms with Crippen LogP contribution in [0.4, 0.5) is 0 Å². The van der Waals surface area contributed by atoms with Gasteiger partial charge in [0.25, 0.3) is 0 Å². The number of hydrogen-bond donors (Lipinski definition) is 3. The minimum Gasteiger partial charge on any atom is -0.497 e. The average Bonchev–Trinajstić information content (AvgIpc) is 3.39. The summed E-state index contributed by atoms with van der Waals surface area (Å²) >= 11 is 12.5. The van der Waals surface area contributed by atoms with E-state index in [-0.39, 0.29) is 5.96 Å². The third-order valence-electron chi connectivity index (χ3n) is 5.78. The molecule has 1 heterocycles. The van der Waals surface area contributed by atoms with Gasteiger partial charge in [0.1, 0.15) is 23.5 Å². The molecular weight excluding hydrogens is 551 g/mol. The highest BCUT2D eigenvalue weighted by molar-refractivity contribution is 6.34. The SMILES string of the molecule is CN=C(N)NN.COc1ccc2cc(-c3c(Oc4ccc(C=O)cc4)cnn3-c3cc(Cl)cc(Cl)c3)ccc2c1. The topological polar surface area (TPSA) is 130 Å². The molecule has 0 amide bonds. The van der Waals surface area contributed by atoms with Gasteiger partial charge in [-0.25, -0.2) is 10.5 Å². The quantitative estimate of drug-likeness (QED) is 0.0741. The maximum absolute atomic E-state index is 11.0. The van der Waals surface area contributed by atoms with Crippen LogP contribution in [0.25, 0.3) is 27.7 Å². The van der Waals surface area contributed by atoms with Gasteiger partial charge in [-0.3, -0.25) is 15.2 Å². The van der Waals surface area contributed by atoms with E-state index >= 15 is 0 Å². The Labute approximate surface area is 240 Å². The first kappa shape index (κ1) is 28.4. The summed E-state index contributed by atoms with van der Waals surface area (Å²) < 4.78 is 13.3. The maximum Gasteiger partial charge on any atom is 0.202 e. The van der Waals surface area contributed by atoms with Crippen LogP contribution in [-0.4, -0.2) is 36.2 Å². The number of nitrogens with one attached hydrogen (secondary N) is 1. The highest BCUT2D eigenvalue weighted by Crippen LogP contribution is 2.37. The number of hydrazine groups is 1. The molecular formula is C29H26Cl2N6O3. The van der Waals surface area contributed by atoms with E-state index in [9.17, 15) is 4.79 Å². The number of ether oxygens (including phenoxy) is 2. The van der Waals surface area contributed by atoms with Crippen molar-refractivity contribution in [2.45, 2.75) is 0 Å². The Morgan fingerprint density at radius 2 is 1.60 bits per heavy atom. The van der Waals surface area contributed by atoms with Crippen LogP contribution < -0.4 is 26.5 Å². The number of methoxy groups -OCH3 is 1. The Morgan fingerprint density at radius 3 is 2.20 bits per heavy atom. The molecule has 5 N–H and O–H groups in total. The molecule has 0 atom stereocenters. The number of guanidine groups is 1. The van der Waals surface area contributed by atoms with Gasteiger partial charge in [0, 0.05) is 28.2 Å². The van der Waals surface area contributed by atoms with Crippen molar-refractivity contribution in [3.05, 3.63) is 101 Å². The Kier molecular flexibility index (Phi) is 9.23. The number of aldehydes is 1. The van der Waals surface area contributed by atoms with Gasteiger partial charge in [-0.15, -0.1) is 0 Å². The monoisotopic (exact) mass is 576 g/mol. The number of nitrogens with two attached hydrogens (primary N) is 2. The van der Waals surface area contributed by atoms with Crippen LogP contribution in [0, 0.1) is 0 Å². The third-order valence-corrected chi connectivity index (χ3v) is 6.22. The number of aliphatic imine (C=N–C) groups is 1. The van der Waals surface area contributed by atoms with E-state index in [0.717, 1.165) is 34.1 Å². The molecule has 0 radical (unpaired) electrons. The van der Waals surface area contributed by atoms with Gasteiger partial charge in [-0.1, -0.05) is 41.4 Å². The standard InChI is InChI=1S/C27H18Cl2N2O3.C2H8N4/c1-33-25-9-6-18-10-20(5-4-19(18)11-25)27-26(34-24-7-2-17(16-32)3-8-24)15-30-31(27)23-13-21(28)12-22(29)14-23;1-5-2(3)6-4/h2-16H,1H3;4H2,1H3,(H3,3,5,6). The molecule has 1 aromatic heterocycles. The van der Waals surface area contributed by atoms with Crippen molar-refractivity contribution in [2.75, 3.05) is 14.2 Å². The van der Waals surface area contributed by atoms with E-state index in [0.29, 0.717) is 32.8 Å². The van der Waals surface area contributed by atoms with Crippen LogP contribution in [-0.2, 0) is 0 Å². The summed E-state index contributed by atoms with van der Waals surface area (Å²) in [5.74, 6) is 6.94. The van der Waals surface area contributed by atoms with Crippen LogP contribution in [0.2, 0.25) is 10.0 Å². The van der Waals surface area contributed by atoms with Crippen LogP contribution in [0.5, 0.6) is 17.2 Å². The zero-order chi connectivity index (χ0) is 28.6. The average molecular weight is 577 g/mol. The van der Waals surface area contributed by atoms with Crippen molar-refractivity contribution < 1.29 is 14.3 Å². The van der Waals surface area contributed by atoms with Crippen molar-refractivity contribution in [1.82, 2.24) is 15.2 Å². The fourth-order valence-electron chi connectivity index (χ4n) is 3.83. The lowest BCUT2D eigenvalue weighted by Gasteiger charge is -2.13. The number of hydrogen-bond acceptors (Lipinski definition) is 6. The van der Waals surface area contributed by atoms with Gasteiger partial charge in [0.05, 0.1) is 19.0 Å². The molecule has 204 valence electrons. The molecule has 0 saturated heterocycles. The zero-order valence-corrected chi connectivity index (χ0v) is 23.1. The summed E-state index contributed by atoms with van der Waals surface area (Å²) in [5, 5.41) is 7.67. The molecule has 40 heavy (non-hydrogen) atoms. The van der Waals surface area contributed by atoms with E-state index in [2.05, 4.69) is 21.6 Å². The lowest BCUT2D eigenvalue weighted by Crippen LogP contribution is -2.36. The Balaban J connectivity index is 0.000000557. The van der Waals surface area contributed by atoms with Gasteiger partial charge >= 0.3 is 0 Å². The van der Waals surface area contributed by atoms with E-state index in [1.54, 1.807) is 67.5 Å². The van der Waals surface area contributed by atoms with Crippen molar-refractivity contribution >= 4 is 46.2 Å². The Hall–Kier alpha value is -4.57. The summed E-state index contributed by atoms with van der Waals surface area (Å²) in [6.07, 6.45) is 2.44. The molecule has 5 rings (SSSR count). The number of fused-ring (bicyclic) bond motifs is 1. The lowest BCUT2D eigenvalue weighted by atomic mass is 10.0. The second kappa shape index (κ2) is 13.0. The van der Waals surface area contributed by atoms with E-state index in [1.807, 2.05) is 30.3 Å². The maximum atomic E-state index is 11.0. The second-order valence-electron chi connectivity index (χ2n) is 8.37. The number of rotatable bonds is 6. The van der Waals surface area contributed by atoms with Crippen molar-refractivity contribution in [3.63, 3.8) is 0 Å². The summed E-state index contributed by atoms with van der Waals surface area (Å²) in [7, 11) is 3.20. The Morgan fingerprint density at radius 1 is 0.950 bits per heavy atom. The molecule has 5 aromatic rings. The number of halogens is 2. The molecule has 0 saturated carbocycles. The second-order valence-corrected chi connectivity index (χ2v) is 9.24. The van der Waals surface area contributed by atoms with Crippen LogP contribution >= 0.6 is 23.2 Å². The summed E-state index contributed by atoms with van der Waals surface area (Å²) in [6.45, 7) is 0. The van der Waals surface area contributed by atoms with Gasteiger partial charge in [0.15, 0.2) is 5.75 Å². The van der Waals surface area contributed by atoms with E-state index < -0.39 is 0 Å². The minimum atomic E-state index is 0.245. The van der Waals surface area contributed by atoms with E-state index in [1.165, 1.54) is 0 Å². The molecule has 0 aliphatic rings. The molecule has 0 bridgehead atoms. The van der Waals surface area contributed by atoms with Gasteiger partial charge < -0.3 is 15.2 Å². The first-order valence-electron chi connectivity index (χ1n) is 11.9. The normalized spacial score (nSPS) is 11.0. The van der Waals surface area contributed by atoms with Crippen molar-refractivity contribution in [2.24, 2.45) is 16.6 Å². The number of benzene rings is 4. The lowest BCUT2D eigenvalue weighted by molar-refractivity contribution is 0.112. The Bertz CT molecular complexity index is 1650. The minimum absolute atomic E-state index is 0.245. The first-order chi connectivity index (χ1) is 19.3. The molecule has 11 heteroatoms. The highest BCUT2D eigenvalue weighted by atomic mass is 35.5. The summed E-state index contributed by atoms with van der Waals surface area (Å²) in [5.41, 5.74) is 10.0. The number of aromatic nitrogens is 2. The third kappa shape index (κ3) is 6.70. The zero-order valence-electron chi connectivity index (χ0n) is 21.6. The molecule has 0 aliphatic heterocycles. The highest BCUT2D eigenvalue weighted by Gasteiger charge is 2.18. The summed E-state index contributed by atoms with van der Waals surface area (Å²) in [6, 6.07) is 24.2. The molecule has 0 aliphatic carbocycles. The van der Waals surface area contributed by atoms with Crippen LogP contribution in [0.1, 0.15) is 10.4 Å². The predicted octanol–water partition coefficient (Wildman–Crippen LogP) is 6.01. The van der Waals surface area contributed by atoms with Crippen LogP contribution in [0.3, 0.4) is 0 Å². The van der Waals surface area contributed by atoms with Crippen molar-refractivity contribution in [3.8, 4) is 34.2 Å². The fraction of sp³-hybridized carbons (Fsp3) is 0.0690. The molecule has 4 aromatic carbocycles. The van der Waals surface area contributed by atoms with E-state index in [4.69, 9.17) is 44.3 Å². The molecule has 9 nitrogen and oxygen atoms in total. The van der Waals surface area contributed by atoms with Gasteiger partial charge in [-0.05, 0) is 71.4 Å².